The lowest BCUT2D eigenvalue weighted by atomic mass is 9.99. The molecule has 0 bridgehead atoms. The fraction of sp³-hybridized carbons (Fsp3) is 0.158. The molecule has 24 heavy (non-hydrogen) atoms. The molecular formula is C19H17NO4. The Balaban J connectivity index is 2.16. The van der Waals surface area contributed by atoms with Crippen LogP contribution in [0.15, 0.2) is 48.7 Å². The van der Waals surface area contributed by atoms with E-state index in [0.29, 0.717) is 33.9 Å². The van der Waals surface area contributed by atoms with Crippen LogP contribution in [0.3, 0.4) is 0 Å². The van der Waals surface area contributed by atoms with Gasteiger partial charge < -0.3 is 14.2 Å². The van der Waals surface area contributed by atoms with E-state index in [0.717, 1.165) is 5.39 Å². The van der Waals surface area contributed by atoms with Gasteiger partial charge in [0.05, 0.1) is 26.8 Å². The topological polar surface area (TPSA) is 57.7 Å². The Morgan fingerprint density at radius 2 is 1.58 bits per heavy atom. The molecule has 5 heteroatoms. The average molecular weight is 323 g/mol. The highest BCUT2D eigenvalue weighted by molar-refractivity contribution is 6.15. The number of ketones is 1. The first-order chi connectivity index (χ1) is 11.7. The summed E-state index contributed by atoms with van der Waals surface area (Å²) in [5.41, 5.74) is 1.64. The predicted molar refractivity (Wildman–Crippen MR) is 91.3 cm³/mol. The Morgan fingerprint density at radius 1 is 0.917 bits per heavy atom. The molecule has 3 rings (SSSR count). The number of nitrogens with zero attached hydrogens (tertiary/aromatic N) is 1. The lowest BCUT2D eigenvalue weighted by molar-refractivity contribution is 0.103. The van der Waals surface area contributed by atoms with Crippen molar-refractivity contribution in [2.24, 2.45) is 0 Å². The van der Waals surface area contributed by atoms with Gasteiger partial charge in [0, 0.05) is 22.7 Å². The number of benzene rings is 2. The SMILES string of the molecule is COc1cc(C(=O)c2cccc3cccnc23)cc(OC)c1OC. The minimum absolute atomic E-state index is 0.154. The highest BCUT2D eigenvalue weighted by Gasteiger charge is 2.19. The maximum absolute atomic E-state index is 13.0. The molecule has 3 aromatic rings. The van der Waals surface area contributed by atoms with Crippen LogP contribution in [0, 0.1) is 0 Å². The number of aromatic nitrogens is 1. The van der Waals surface area contributed by atoms with Crippen molar-refractivity contribution in [3.8, 4) is 17.2 Å². The standard InChI is InChI=1S/C19H17NO4/c1-22-15-10-13(11-16(23-2)19(15)24-3)18(21)14-8-4-6-12-7-5-9-20-17(12)14/h4-11H,1-3H3. The number of fused-ring (bicyclic) bond motifs is 1. The minimum atomic E-state index is -0.154. The largest absolute Gasteiger partial charge is 0.493 e. The van der Waals surface area contributed by atoms with Crippen LogP contribution >= 0.6 is 0 Å². The van der Waals surface area contributed by atoms with E-state index in [1.807, 2.05) is 24.3 Å². The van der Waals surface area contributed by atoms with E-state index in [-0.39, 0.29) is 5.78 Å². The fourth-order valence-electron chi connectivity index (χ4n) is 2.66. The second-order valence-corrected chi connectivity index (χ2v) is 5.12. The molecular weight excluding hydrogens is 306 g/mol. The molecule has 122 valence electrons. The Hall–Kier alpha value is -3.08. The summed E-state index contributed by atoms with van der Waals surface area (Å²) in [7, 11) is 4.56. The summed E-state index contributed by atoms with van der Waals surface area (Å²) >= 11 is 0. The smallest absolute Gasteiger partial charge is 0.203 e. The fourth-order valence-corrected chi connectivity index (χ4v) is 2.66. The number of hydrogen-bond acceptors (Lipinski definition) is 5. The van der Waals surface area contributed by atoms with E-state index in [2.05, 4.69) is 4.98 Å². The summed E-state index contributed by atoms with van der Waals surface area (Å²) in [5.74, 6) is 1.17. The second kappa shape index (κ2) is 6.58. The van der Waals surface area contributed by atoms with Crippen molar-refractivity contribution in [2.45, 2.75) is 0 Å². The minimum Gasteiger partial charge on any atom is -0.493 e. The number of pyridine rings is 1. The summed E-state index contributed by atoms with van der Waals surface area (Å²) in [6.45, 7) is 0. The first-order valence-electron chi connectivity index (χ1n) is 7.38. The van der Waals surface area contributed by atoms with Gasteiger partial charge in [-0.3, -0.25) is 9.78 Å². The van der Waals surface area contributed by atoms with Crippen LogP contribution in [0.1, 0.15) is 15.9 Å². The van der Waals surface area contributed by atoms with Crippen molar-refractivity contribution in [3.05, 3.63) is 59.8 Å². The van der Waals surface area contributed by atoms with Crippen molar-refractivity contribution in [1.29, 1.82) is 0 Å². The van der Waals surface area contributed by atoms with Gasteiger partial charge in [0.1, 0.15) is 0 Å². The highest BCUT2D eigenvalue weighted by Crippen LogP contribution is 2.38. The zero-order valence-corrected chi connectivity index (χ0v) is 13.7. The van der Waals surface area contributed by atoms with E-state index < -0.39 is 0 Å². The second-order valence-electron chi connectivity index (χ2n) is 5.12. The number of carbonyl (C=O) groups is 1. The molecule has 0 radical (unpaired) electrons. The number of hydrogen-bond donors (Lipinski definition) is 0. The lowest BCUT2D eigenvalue weighted by Gasteiger charge is -2.14. The molecule has 0 aliphatic heterocycles. The summed E-state index contributed by atoms with van der Waals surface area (Å²) in [6, 6.07) is 12.6. The molecule has 0 amide bonds. The summed E-state index contributed by atoms with van der Waals surface area (Å²) < 4.78 is 15.9. The van der Waals surface area contributed by atoms with Crippen LogP contribution in [0.2, 0.25) is 0 Å². The zero-order valence-electron chi connectivity index (χ0n) is 13.7. The van der Waals surface area contributed by atoms with Gasteiger partial charge >= 0.3 is 0 Å². The third kappa shape index (κ3) is 2.65. The normalized spacial score (nSPS) is 10.5. The van der Waals surface area contributed by atoms with Crippen molar-refractivity contribution in [1.82, 2.24) is 4.98 Å². The quantitative estimate of drug-likeness (QED) is 0.673. The van der Waals surface area contributed by atoms with E-state index in [1.165, 1.54) is 21.3 Å². The molecule has 0 atom stereocenters. The van der Waals surface area contributed by atoms with Crippen LogP contribution in [0.5, 0.6) is 17.2 Å². The molecule has 5 nitrogen and oxygen atoms in total. The maximum atomic E-state index is 13.0. The highest BCUT2D eigenvalue weighted by atomic mass is 16.5. The molecule has 0 N–H and O–H groups in total. The van der Waals surface area contributed by atoms with E-state index in [9.17, 15) is 4.79 Å². The molecule has 1 aromatic heterocycles. The third-order valence-electron chi connectivity index (χ3n) is 3.80. The molecule has 0 fully saturated rings. The molecule has 0 aliphatic carbocycles. The molecule has 0 saturated heterocycles. The molecule has 0 saturated carbocycles. The number of carbonyl (C=O) groups excluding carboxylic acids is 1. The number of ether oxygens (including phenoxy) is 3. The Labute approximate surface area is 139 Å². The molecule has 0 unspecified atom stereocenters. The summed E-state index contributed by atoms with van der Waals surface area (Å²) in [6.07, 6.45) is 1.67. The Bertz CT molecular complexity index is 875. The Kier molecular flexibility index (Phi) is 4.33. The van der Waals surface area contributed by atoms with Gasteiger partial charge in [0.25, 0.3) is 0 Å². The van der Waals surface area contributed by atoms with Crippen molar-refractivity contribution in [2.75, 3.05) is 21.3 Å². The average Bonchev–Trinajstić information content (AvgIpc) is 2.65. The van der Waals surface area contributed by atoms with Gasteiger partial charge in [-0.1, -0.05) is 18.2 Å². The van der Waals surface area contributed by atoms with Crippen LogP contribution < -0.4 is 14.2 Å². The van der Waals surface area contributed by atoms with E-state index in [4.69, 9.17) is 14.2 Å². The van der Waals surface area contributed by atoms with Gasteiger partial charge in [0.2, 0.25) is 5.75 Å². The van der Waals surface area contributed by atoms with Crippen molar-refractivity contribution >= 4 is 16.7 Å². The maximum Gasteiger partial charge on any atom is 0.203 e. The summed E-state index contributed by atoms with van der Waals surface area (Å²) in [5, 5.41) is 0.913. The molecule has 0 aliphatic rings. The van der Waals surface area contributed by atoms with Crippen LogP contribution in [-0.4, -0.2) is 32.1 Å². The van der Waals surface area contributed by atoms with Gasteiger partial charge in [-0.05, 0) is 24.3 Å². The van der Waals surface area contributed by atoms with Gasteiger partial charge in [-0.2, -0.15) is 0 Å². The molecule has 1 heterocycles. The zero-order chi connectivity index (χ0) is 17.1. The van der Waals surface area contributed by atoms with Crippen molar-refractivity contribution in [3.63, 3.8) is 0 Å². The van der Waals surface area contributed by atoms with Crippen molar-refractivity contribution < 1.29 is 19.0 Å². The monoisotopic (exact) mass is 323 g/mol. The van der Waals surface area contributed by atoms with E-state index in [1.54, 1.807) is 24.4 Å². The predicted octanol–water partition coefficient (Wildman–Crippen LogP) is 3.49. The summed E-state index contributed by atoms with van der Waals surface area (Å²) in [4.78, 5) is 17.3. The number of methoxy groups -OCH3 is 3. The van der Waals surface area contributed by atoms with Gasteiger partial charge in [-0.25, -0.2) is 0 Å². The van der Waals surface area contributed by atoms with Gasteiger partial charge in [0.15, 0.2) is 17.3 Å². The molecule has 2 aromatic carbocycles. The first-order valence-corrected chi connectivity index (χ1v) is 7.38. The number of rotatable bonds is 5. The van der Waals surface area contributed by atoms with Crippen LogP contribution in [-0.2, 0) is 0 Å². The number of para-hydroxylation sites is 1. The first kappa shape index (κ1) is 15.8. The lowest BCUT2D eigenvalue weighted by Crippen LogP contribution is -2.05. The third-order valence-corrected chi connectivity index (χ3v) is 3.80. The van der Waals surface area contributed by atoms with Crippen LogP contribution in [0.4, 0.5) is 0 Å². The van der Waals surface area contributed by atoms with Crippen LogP contribution in [0.25, 0.3) is 10.9 Å². The molecule has 0 spiro atoms. The Morgan fingerprint density at radius 3 is 2.21 bits per heavy atom. The van der Waals surface area contributed by atoms with E-state index >= 15 is 0 Å². The van der Waals surface area contributed by atoms with Gasteiger partial charge in [-0.15, -0.1) is 0 Å².